The van der Waals surface area contributed by atoms with Gasteiger partial charge in [-0.2, -0.15) is 0 Å². The van der Waals surface area contributed by atoms with Crippen LogP contribution < -0.4 is 0 Å². The van der Waals surface area contributed by atoms with Crippen molar-refractivity contribution in [2.45, 2.75) is 30.0 Å². The van der Waals surface area contributed by atoms with Gasteiger partial charge in [0.25, 0.3) is 0 Å². The van der Waals surface area contributed by atoms with E-state index in [9.17, 15) is 12.9 Å². The molecule has 0 atom stereocenters. The summed E-state index contributed by atoms with van der Waals surface area (Å²) in [5.41, 5.74) is 0.424. The van der Waals surface area contributed by atoms with Crippen LogP contribution in [0.1, 0.15) is 24.8 Å². The lowest BCUT2D eigenvalue weighted by Crippen LogP contribution is -2.67. The van der Waals surface area contributed by atoms with Gasteiger partial charge in [0.15, 0.2) is 0 Å². The standard InChI is InChI=1S/C11H9BCl2F3/c13-8-3-1-2-7(9(8)14)10-4-11(5-10,6-10)12(15,16)17/h1-3H,4-6H2/q-1. The van der Waals surface area contributed by atoms with Gasteiger partial charge in [0.2, 0.25) is 0 Å². The largest absolute Gasteiger partial charge is 0.484 e. The first-order chi connectivity index (χ1) is 7.80. The van der Waals surface area contributed by atoms with E-state index in [1.807, 2.05) is 0 Å². The molecule has 1 aromatic rings. The first-order valence-electron chi connectivity index (χ1n) is 5.44. The highest BCUT2D eigenvalue weighted by Crippen LogP contribution is 2.83. The molecular formula is C11H9BCl2F3-. The minimum absolute atomic E-state index is 0.184. The Bertz CT molecular complexity index is 478. The fraction of sp³-hybridized carbons (Fsp3) is 0.455. The van der Waals surface area contributed by atoms with Crippen LogP contribution in [0.25, 0.3) is 0 Å². The molecule has 3 aliphatic rings. The van der Waals surface area contributed by atoms with Gasteiger partial charge in [-0.3, -0.25) is 0 Å². The lowest BCUT2D eigenvalue weighted by Gasteiger charge is -2.75. The fourth-order valence-corrected chi connectivity index (χ4v) is 3.91. The molecule has 0 radical (unpaired) electrons. The molecule has 17 heavy (non-hydrogen) atoms. The van der Waals surface area contributed by atoms with Crippen molar-refractivity contribution in [2.24, 2.45) is 0 Å². The summed E-state index contributed by atoms with van der Waals surface area (Å²) in [6.45, 7) is -4.73. The molecule has 0 saturated heterocycles. The SMILES string of the molecule is F[B-](F)(F)C12CC(c3cccc(Cl)c3Cl)(C1)C2. The highest BCUT2D eigenvalue weighted by molar-refractivity contribution is 6.63. The first-order valence-corrected chi connectivity index (χ1v) is 6.19. The zero-order chi connectivity index (χ0) is 12.5. The maximum Gasteiger partial charge on any atom is 0.484 e. The van der Waals surface area contributed by atoms with E-state index < -0.39 is 12.3 Å². The van der Waals surface area contributed by atoms with Gasteiger partial charge in [-0.15, -0.1) is 0 Å². The summed E-state index contributed by atoms with van der Waals surface area (Å²) in [5, 5.41) is -0.552. The highest BCUT2D eigenvalue weighted by atomic mass is 35.5. The van der Waals surface area contributed by atoms with Gasteiger partial charge in [-0.25, -0.2) is 0 Å². The highest BCUT2D eigenvalue weighted by Gasteiger charge is 2.74. The Kier molecular flexibility index (Phi) is 2.18. The van der Waals surface area contributed by atoms with E-state index in [1.54, 1.807) is 18.2 Å². The minimum atomic E-state index is -4.73. The van der Waals surface area contributed by atoms with Gasteiger partial charge < -0.3 is 12.9 Å². The van der Waals surface area contributed by atoms with E-state index >= 15 is 0 Å². The van der Waals surface area contributed by atoms with Crippen molar-refractivity contribution in [3.8, 4) is 0 Å². The normalized spacial score (nSPS) is 35.1. The monoisotopic (exact) mass is 279 g/mol. The summed E-state index contributed by atoms with van der Waals surface area (Å²) in [5.74, 6) is 0. The van der Waals surface area contributed by atoms with Gasteiger partial charge in [-0.1, -0.05) is 59.9 Å². The van der Waals surface area contributed by atoms with Crippen molar-refractivity contribution >= 4 is 30.2 Å². The molecular weight excluding hydrogens is 271 g/mol. The number of halogens is 5. The summed E-state index contributed by atoms with van der Waals surface area (Å²) >= 11 is 12.0. The molecule has 0 aromatic heterocycles. The molecule has 0 spiro atoms. The second-order valence-electron chi connectivity index (χ2n) is 5.35. The molecule has 0 heterocycles. The van der Waals surface area contributed by atoms with Gasteiger partial charge in [0.1, 0.15) is 0 Å². The molecule has 2 bridgehead atoms. The number of benzene rings is 1. The van der Waals surface area contributed by atoms with E-state index in [0.29, 0.717) is 10.0 Å². The average Bonchev–Trinajstić information content (AvgIpc) is 2.05. The summed E-state index contributed by atoms with van der Waals surface area (Å²) in [6, 6.07) is 5.19. The summed E-state index contributed by atoms with van der Waals surface area (Å²) in [4.78, 5) is 0. The van der Waals surface area contributed by atoms with Crippen molar-refractivity contribution in [1.29, 1.82) is 0 Å². The van der Waals surface area contributed by atoms with Gasteiger partial charge in [0, 0.05) is 0 Å². The average molecular weight is 280 g/mol. The molecule has 1 aromatic carbocycles. The zero-order valence-corrected chi connectivity index (χ0v) is 10.3. The maximum atomic E-state index is 12.8. The second-order valence-corrected chi connectivity index (χ2v) is 6.13. The van der Waals surface area contributed by atoms with Crippen LogP contribution in [0, 0.1) is 0 Å². The Balaban J connectivity index is 1.90. The van der Waals surface area contributed by atoms with Gasteiger partial charge >= 0.3 is 6.98 Å². The molecule has 0 unspecified atom stereocenters. The van der Waals surface area contributed by atoms with Crippen LogP contribution in [-0.2, 0) is 5.41 Å². The van der Waals surface area contributed by atoms with E-state index in [0.717, 1.165) is 5.56 Å². The van der Waals surface area contributed by atoms with E-state index in [4.69, 9.17) is 23.2 Å². The lowest BCUT2D eigenvalue weighted by atomic mass is 9.23. The van der Waals surface area contributed by atoms with E-state index in [1.165, 1.54) is 0 Å². The summed E-state index contributed by atoms with van der Waals surface area (Å²) in [7, 11) is 0. The van der Waals surface area contributed by atoms with Crippen molar-refractivity contribution < 1.29 is 12.9 Å². The zero-order valence-electron chi connectivity index (χ0n) is 8.82. The smallest absolute Gasteiger partial charge is 0.449 e. The molecule has 0 aliphatic heterocycles. The predicted octanol–water partition coefficient (Wildman–Crippen LogP) is 5.02. The van der Waals surface area contributed by atoms with Crippen LogP contribution >= 0.6 is 23.2 Å². The van der Waals surface area contributed by atoms with Crippen molar-refractivity contribution in [3.05, 3.63) is 33.8 Å². The van der Waals surface area contributed by atoms with Crippen LogP contribution in [0.2, 0.25) is 15.4 Å². The lowest BCUT2D eigenvalue weighted by molar-refractivity contribution is -0.0399. The number of hydrogen-bond acceptors (Lipinski definition) is 0. The third kappa shape index (κ3) is 1.34. The van der Waals surface area contributed by atoms with Crippen LogP contribution in [-0.4, -0.2) is 6.98 Å². The molecule has 0 nitrogen and oxygen atoms in total. The predicted molar refractivity (Wildman–Crippen MR) is 63.8 cm³/mol. The van der Waals surface area contributed by atoms with Crippen molar-refractivity contribution in [3.63, 3.8) is 0 Å². The Morgan fingerprint density at radius 2 is 1.65 bits per heavy atom. The van der Waals surface area contributed by atoms with Gasteiger partial charge in [0.05, 0.1) is 10.0 Å². The first kappa shape index (κ1) is 11.7. The molecule has 6 heteroatoms. The van der Waals surface area contributed by atoms with Crippen LogP contribution in [0.3, 0.4) is 0 Å². The fourth-order valence-electron chi connectivity index (χ4n) is 3.41. The molecule has 3 fully saturated rings. The number of rotatable bonds is 2. The minimum Gasteiger partial charge on any atom is -0.449 e. The summed E-state index contributed by atoms with van der Waals surface area (Å²) < 4.78 is 38.4. The molecule has 3 aliphatic carbocycles. The summed E-state index contributed by atoms with van der Waals surface area (Å²) in [6.07, 6.45) is 0.552. The van der Waals surface area contributed by atoms with E-state index in [-0.39, 0.29) is 24.7 Å². The molecule has 4 rings (SSSR count). The Morgan fingerprint density at radius 1 is 1.06 bits per heavy atom. The topological polar surface area (TPSA) is 0 Å². The van der Waals surface area contributed by atoms with Crippen molar-refractivity contribution in [1.82, 2.24) is 0 Å². The Hall–Kier alpha value is -0.345. The van der Waals surface area contributed by atoms with Crippen LogP contribution in [0.4, 0.5) is 12.9 Å². The Labute approximate surface area is 107 Å². The van der Waals surface area contributed by atoms with Crippen LogP contribution in [0.15, 0.2) is 18.2 Å². The molecule has 0 amide bonds. The molecule has 92 valence electrons. The molecule has 0 N–H and O–H groups in total. The second kappa shape index (κ2) is 3.15. The van der Waals surface area contributed by atoms with Crippen molar-refractivity contribution in [2.75, 3.05) is 0 Å². The van der Waals surface area contributed by atoms with Gasteiger partial charge in [-0.05, 0) is 17.0 Å². The maximum absolute atomic E-state index is 12.8. The third-order valence-corrected chi connectivity index (χ3v) is 5.11. The quantitative estimate of drug-likeness (QED) is 0.667. The molecule has 3 saturated carbocycles. The third-order valence-electron chi connectivity index (χ3n) is 4.29. The van der Waals surface area contributed by atoms with Crippen LogP contribution in [0.5, 0.6) is 0 Å². The number of hydrogen-bond donors (Lipinski definition) is 0. The van der Waals surface area contributed by atoms with E-state index in [2.05, 4.69) is 0 Å². The Morgan fingerprint density at radius 3 is 2.18 bits per heavy atom.